The first-order chi connectivity index (χ1) is 7.19. The van der Waals surface area contributed by atoms with Crippen LogP contribution in [0.4, 0.5) is 0 Å². The zero-order chi connectivity index (χ0) is 11.3. The fourth-order valence-electron chi connectivity index (χ4n) is 0.994. The van der Waals surface area contributed by atoms with Crippen LogP contribution >= 0.6 is 23.2 Å². The van der Waals surface area contributed by atoms with Crippen LogP contribution in [0.15, 0.2) is 12.1 Å². The minimum absolute atomic E-state index is 0.0362. The SMILES string of the molecule is COc1cc(Cl)c(C#CCCO)cc1Cl. The third-order valence-electron chi connectivity index (χ3n) is 1.70. The molecule has 1 N–H and O–H groups in total. The second kappa shape index (κ2) is 5.87. The Kier molecular flexibility index (Phi) is 4.77. The van der Waals surface area contributed by atoms with Crippen LogP contribution in [-0.4, -0.2) is 18.8 Å². The maximum atomic E-state index is 8.57. The molecule has 1 rings (SSSR count). The van der Waals surface area contributed by atoms with Crippen molar-refractivity contribution in [2.75, 3.05) is 13.7 Å². The molecular weight excluding hydrogens is 235 g/mol. The summed E-state index contributed by atoms with van der Waals surface area (Å²) in [6.07, 6.45) is 0.417. The highest BCUT2D eigenvalue weighted by molar-refractivity contribution is 6.35. The highest BCUT2D eigenvalue weighted by atomic mass is 35.5. The average molecular weight is 245 g/mol. The number of benzene rings is 1. The summed E-state index contributed by atoms with van der Waals surface area (Å²) >= 11 is 11.9. The average Bonchev–Trinajstić information content (AvgIpc) is 2.23. The largest absolute Gasteiger partial charge is 0.495 e. The number of methoxy groups -OCH3 is 1. The van der Waals surface area contributed by atoms with Gasteiger partial charge < -0.3 is 9.84 Å². The summed E-state index contributed by atoms with van der Waals surface area (Å²) in [4.78, 5) is 0. The van der Waals surface area contributed by atoms with Crippen LogP contribution in [0.2, 0.25) is 10.0 Å². The molecule has 0 heterocycles. The van der Waals surface area contributed by atoms with Crippen LogP contribution in [0.3, 0.4) is 0 Å². The highest BCUT2D eigenvalue weighted by Crippen LogP contribution is 2.30. The lowest BCUT2D eigenvalue weighted by Gasteiger charge is -2.04. The molecular formula is C11H10Cl2O2. The van der Waals surface area contributed by atoms with Gasteiger partial charge in [0.25, 0.3) is 0 Å². The van der Waals surface area contributed by atoms with Crippen molar-refractivity contribution in [2.45, 2.75) is 6.42 Å². The molecule has 0 atom stereocenters. The van der Waals surface area contributed by atoms with Crippen LogP contribution in [0.25, 0.3) is 0 Å². The van der Waals surface area contributed by atoms with Gasteiger partial charge in [0.1, 0.15) is 5.75 Å². The van der Waals surface area contributed by atoms with E-state index >= 15 is 0 Å². The van der Waals surface area contributed by atoms with E-state index in [4.69, 9.17) is 33.0 Å². The van der Waals surface area contributed by atoms with Crippen molar-refractivity contribution in [3.63, 3.8) is 0 Å². The summed E-state index contributed by atoms with van der Waals surface area (Å²) in [5, 5.41) is 9.52. The summed E-state index contributed by atoms with van der Waals surface area (Å²) in [6, 6.07) is 3.26. The van der Waals surface area contributed by atoms with E-state index in [-0.39, 0.29) is 6.61 Å². The fourth-order valence-corrected chi connectivity index (χ4v) is 1.44. The molecule has 0 aromatic heterocycles. The van der Waals surface area contributed by atoms with Gasteiger partial charge in [-0.05, 0) is 6.07 Å². The van der Waals surface area contributed by atoms with Crippen LogP contribution in [0.5, 0.6) is 5.75 Å². The lowest BCUT2D eigenvalue weighted by Crippen LogP contribution is -1.86. The van der Waals surface area contributed by atoms with E-state index in [0.717, 1.165) is 0 Å². The van der Waals surface area contributed by atoms with E-state index in [9.17, 15) is 0 Å². The van der Waals surface area contributed by atoms with E-state index in [2.05, 4.69) is 11.8 Å². The van der Waals surface area contributed by atoms with Crippen molar-refractivity contribution in [3.8, 4) is 17.6 Å². The van der Waals surface area contributed by atoms with Crippen LogP contribution in [-0.2, 0) is 0 Å². The molecule has 15 heavy (non-hydrogen) atoms. The molecule has 0 aliphatic carbocycles. The molecule has 0 aliphatic rings. The topological polar surface area (TPSA) is 29.5 Å². The first-order valence-corrected chi connectivity index (χ1v) is 5.07. The Balaban J connectivity index is 3.01. The molecule has 2 nitrogen and oxygen atoms in total. The van der Waals surface area contributed by atoms with Crippen molar-refractivity contribution in [3.05, 3.63) is 27.7 Å². The Hall–Kier alpha value is -0.880. The van der Waals surface area contributed by atoms with Gasteiger partial charge in [-0.1, -0.05) is 35.0 Å². The molecule has 1 aromatic rings. The standard InChI is InChI=1S/C11H10Cl2O2/c1-15-11-7-9(12)8(6-10(11)13)4-2-3-5-14/h6-7,14H,3,5H2,1H3. The van der Waals surface area contributed by atoms with Crippen LogP contribution < -0.4 is 4.74 Å². The van der Waals surface area contributed by atoms with Gasteiger partial charge in [0.15, 0.2) is 0 Å². The number of aliphatic hydroxyl groups excluding tert-OH is 1. The monoisotopic (exact) mass is 244 g/mol. The fraction of sp³-hybridized carbons (Fsp3) is 0.273. The minimum Gasteiger partial charge on any atom is -0.495 e. The Bertz CT molecular complexity index is 405. The maximum absolute atomic E-state index is 8.57. The summed E-state index contributed by atoms with van der Waals surface area (Å²) < 4.78 is 5.00. The third-order valence-corrected chi connectivity index (χ3v) is 2.31. The zero-order valence-corrected chi connectivity index (χ0v) is 9.69. The van der Waals surface area contributed by atoms with Gasteiger partial charge in [-0.15, -0.1) is 0 Å². The predicted octanol–water partition coefficient (Wildman–Crippen LogP) is 2.74. The van der Waals surface area contributed by atoms with Crippen molar-refractivity contribution in [1.29, 1.82) is 0 Å². The number of hydrogen-bond donors (Lipinski definition) is 1. The first-order valence-electron chi connectivity index (χ1n) is 4.31. The van der Waals surface area contributed by atoms with E-state index in [0.29, 0.717) is 27.8 Å². The van der Waals surface area contributed by atoms with Gasteiger partial charge in [0.05, 0.1) is 23.8 Å². The van der Waals surface area contributed by atoms with E-state index in [1.165, 1.54) is 7.11 Å². The first kappa shape index (κ1) is 12.2. The van der Waals surface area contributed by atoms with E-state index in [1.807, 2.05) is 0 Å². The molecule has 0 saturated carbocycles. The predicted molar refractivity (Wildman–Crippen MR) is 61.6 cm³/mol. The molecule has 0 bridgehead atoms. The lowest BCUT2D eigenvalue weighted by atomic mass is 10.2. The van der Waals surface area contributed by atoms with E-state index in [1.54, 1.807) is 12.1 Å². The Morgan fingerprint density at radius 1 is 1.33 bits per heavy atom. The molecule has 0 spiro atoms. The number of rotatable bonds is 2. The van der Waals surface area contributed by atoms with Gasteiger partial charge >= 0.3 is 0 Å². The number of hydrogen-bond acceptors (Lipinski definition) is 2. The molecule has 0 saturated heterocycles. The minimum atomic E-state index is 0.0362. The quantitative estimate of drug-likeness (QED) is 0.812. The third kappa shape index (κ3) is 3.32. The van der Waals surface area contributed by atoms with Crippen molar-refractivity contribution in [2.24, 2.45) is 0 Å². The second-order valence-electron chi connectivity index (χ2n) is 2.74. The highest BCUT2D eigenvalue weighted by Gasteiger charge is 2.05. The lowest BCUT2D eigenvalue weighted by molar-refractivity contribution is 0.305. The number of halogens is 2. The summed E-state index contributed by atoms with van der Waals surface area (Å²) in [5.41, 5.74) is 0.635. The molecule has 1 aromatic carbocycles. The molecule has 0 radical (unpaired) electrons. The molecule has 0 fully saturated rings. The Labute approximate surface area is 98.8 Å². The van der Waals surface area contributed by atoms with Crippen molar-refractivity contribution < 1.29 is 9.84 Å². The van der Waals surface area contributed by atoms with Crippen LogP contribution in [0, 0.1) is 11.8 Å². The Morgan fingerprint density at radius 2 is 2.07 bits per heavy atom. The smallest absolute Gasteiger partial charge is 0.139 e. The molecule has 80 valence electrons. The van der Waals surface area contributed by atoms with Crippen LogP contribution in [0.1, 0.15) is 12.0 Å². The van der Waals surface area contributed by atoms with E-state index < -0.39 is 0 Å². The summed E-state index contributed by atoms with van der Waals surface area (Å²) in [7, 11) is 1.52. The summed E-state index contributed by atoms with van der Waals surface area (Å²) in [6.45, 7) is 0.0362. The maximum Gasteiger partial charge on any atom is 0.139 e. The normalized spacial score (nSPS) is 9.33. The zero-order valence-electron chi connectivity index (χ0n) is 8.18. The summed E-state index contributed by atoms with van der Waals surface area (Å²) in [5.74, 6) is 6.12. The van der Waals surface area contributed by atoms with Gasteiger partial charge in [-0.3, -0.25) is 0 Å². The van der Waals surface area contributed by atoms with Crippen molar-refractivity contribution in [1.82, 2.24) is 0 Å². The number of aliphatic hydroxyl groups is 1. The second-order valence-corrected chi connectivity index (χ2v) is 3.56. The Morgan fingerprint density at radius 3 is 2.67 bits per heavy atom. The number of ether oxygens (including phenoxy) is 1. The van der Waals surface area contributed by atoms with Crippen molar-refractivity contribution >= 4 is 23.2 Å². The molecule has 0 amide bonds. The molecule has 0 unspecified atom stereocenters. The molecule has 0 aliphatic heterocycles. The van der Waals surface area contributed by atoms with Gasteiger partial charge in [-0.25, -0.2) is 0 Å². The van der Waals surface area contributed by atoms with Gasteiger partial charge in [0, 0.05) is 18.1 Å². The van der Waals surface area contributed by atoms with Gasteiger partial charge in [-0.2, -0.15) is 0 Å². The molecule has 4 heteroatoms. The van der Waals surface area contributed by atoms with Gasteiger partial charge in [0.2, 0.25) is 0 Å².